The molecule has 0 amide bonds. The fourth-order valence-electron chi connectivity index (χ4n) is 1.85. The monoisotopic (exact) mass is 310 g/mol. The van der Waals surface area contributed by atoms with Crippen molar-refractivity contribution in [2.24, 2.45) is 5.92 Å². The van der Waals surface area contributed by atoms with Crippen LogP contribution in [-0.4, -0.2) is 39.0 Å². The topological polar surface area (TPSA) is 90.2 Å². The molecule has 6 heteroatoms. The number of rotatable bonds is 9. The molecule has 2 N–H and O–H groups in total. The van der Waals surface area contributed by atoms with Crippen molar-refractivity contribution >= 4 is 9.84 Å². The molecule has 0 saturated carbocycles. The Bertz CT molecular complexity index is 562. The van der Waals surface area contributed by atoms with Crippen molar-refractivity contribution < 1.29 is 13.5 Å². The number of benzene rings is 1. The molecule has 0 bridgehead atoms. The molecular weight excluding hydrogens is 288 g/mol. The lowest BCUT2D eigenvalue weighted by Gasteiger charge is -2.09. The summed E-state index contributed by atoms with van der Waals surface area (Å²) in [4.78, 5) is 0.247. The van der Waals surface area contributed by atoms with Crippen molar-refractivity contribution in [2.45, 2.75) is 24.7 Å². The van der Waals surface area contributed by atoms with Crippen molar-refractivity contribution in [1.29, 1.82) is 5.26 Å². The van der Waals surface area contributed by atoms with Gasteiger partial charge in [-0.05, 0) is 49.6 Å². The van der Waals surface area contributed by atoms with Gasteiger partial charge in [-0.15, -0.1) is 0 Å². The molecule has 1 rings (SSSR count). The van der Waals surface area contributed by atoms with E-state index in [4.69, 9.17) is 10.4 Å². The molecule has 0 aliphatic rings. The number of nitrogens with one attached hydrogen (secondary N) is 1. The highest BCUT2D eigenvalue weighted by Gasteiger charge is 2.13. The molecule has 0 aliphatic carbocycles. The lowest BCUT2D eigenvalue weighted by atomic mass is 10.1. The molecule has 1 atom stereocenters. The number of hydrogen-bond acceptors (Lipinski definition) is 5. The number of nitrogens with zero attached hydrogens (tertiary/aromatic N) is 1. The third-order valence-electron chi connectivity index (χ3n) is 3.25. The van der Waals surface area contributed by atoms with Crippen LogP contribution in [0.15, 0.2) is 29.2 Å². The first-order valence-corrected chi connectivity index (χ1v) is 8.69. The molecule has 0 fully saturated rings. The van der Waals surface area contributed by atoms with Crippen LogP contribution in [0.3, 0.4) is 0 Å². The molecule has 5 nitrogen and oxygen atoms in total. The first kappa shape index (κ1) is 17.6. The third-order valence-corrected chi connectivity index (χ3v) is 4.98. The number of hydrogen-bond donors (Lipinski definition) is 2. The number of nitriles is 1. The molecular formula is C15H22N2O3S. The van der Waals surface area contributed by atoms with Gasteiger partial charge in [0.2, 0.25) is 0 Å². The average molecular weight is 310 g/mol. The summed E-state index contributed by atoms with van der Waals surface area (Å²) in [6, 6.07) is 7.92. The Morgan fingerprint density at radius 3 is 2.52 bits per heavy atom. The first-order valence-electron chi connectivity index (χ1n) is 7.04. The molecule has 1 aromatic carbocycles. The van der Waals surface area contributed by atoms with E-state index in [0.717, 1.165) is 19.4 Å². The second-order valence-corrected chi connectivity index (χ2v) is 7.24. The second kappa shape index (κ2) is 8.78. The summed E-state index contributed by atoms with van der Waals surface area (Å²) >= 11 is 0. The Balaban J connectivity index is 2.34. The maximum absolute atomic E-state index is 12.1. The van der Waals surface area contributed by atoms with Crippen LogP contribution in [0.1, 0.15) is 25.3 Å². The molecule has 0 spiro atoms. The highest BCUT2D eigenvalue weighted by Crippen LogP contribution is 2.11. The van der Waals surface area contributed by atoms with E-state index in [1.807, 2.05) is 13.0 Å². The Kier molecular flexibility index (Phi) is 7.37. The van der Waals surface area contributed by atoms with E-state index in [9.17, 15) is 8.42 Å². The van der Waals surface area contributed by atoms with Gasteiger partial charge in [-0.3, -0.25) is 0 Å². The lowest BCUT2D eigenvalue weighted by Crippen LogP contribution is -2.24. The molecule has 1 aromatic rings. The average Bonchev–Trinajstić information content (AvgIpc) is 2.50. The van der Waals surface area contributed by atoms with Crippen LogP contribution in [0.25, 0.3) is 0 Å². The number of sulfone groups is 1. The minimum absolute atomic E-state index is 0.0362. The van der Waals surface area contributed by atoms with Crippen LogP contribution < -0.4 is 5.32 Å². The molecule has 116 valence electrons. The summed E-state index contributed by atoms with van der Waals surface area (Å²) in [5.41, 5.74) is 0.449. The molecule has 0 aliphatic heterocycles. The van der Waals surface area contributed by atoms with Gasteiger partial charge in [0.25, 0.3) is 0 Å². The SMILES string of the molecule is CC(CO)CCCNCCS(=O)(=O)c1ccc(C#N)cc1. The van der Waals surface area contributed by atoms with E-state index in [1.165, 1.54) is 24.3 Å². The van der Waals surface area contributed by atoms with Gasteiger partial charge in [-0.1, -0.05) is 6.92 Å². The van der Waals surface area contributed by atoms with Gasteiger partial charge in [0.15, 0.2) is 9.84 Å². The molecule has 0 saturated heterocycles. The van der Waals surface area contributed by atoms with Crippen LogP contribution in [0.5, 0.6) is 0 Å². The zero-order valence-corrected chi connectivity index (χ0v) is 13.1. The molecule has 0 radical (unpaired) electrons. The van der Waals surface area contributed by atoms with E-state index in [1.54, 1.807) is 0 Å². The summed E-state index contributed by atoms with van der Waals surface area (Å²) in [7, 11) is -3.31. The maximum atomic E-state index is 12.1. The predicted octanol–water partition coefficient (Wildman–Crippen LogP) is 1.33. The minimum atomic E-state index is -3.31. The van der Waals surface area contributed by atoms with E-state index >= 15 is 0 Å². The highest BCUT2D eigenvalue weighted by atomic mass is 32.2. The van der Waals surface area contributed by atoms with E-state index in [-0.39, 0.29) is 23.2 Å². The fourth-order valence-corrected chi connectivity index (χ4v) is 3.05. The van der Waals surface area contributed by atoms with Gasteiger partial charge >= 0.3 is 0 Å². The normalized spacial score (nSPS) is 12.8. The van der Waals surface area contributed by atoms with E-state index < -0.39 is 9.84 Å². The largest absolute Gasteiger partial charge is 0.396 e. The highest BCUT2D eigenvalue weighted by molar-refractivity contribution is 7.91. The van der Waals surface area contributed by atoms with Crippen molar-refractivity contribution in [2.75, 3.05) is 25.4 Å². The Morgan fingerprint density at radius 2 is 1.95 bits per heavy atom. The zero-order chi connectivity index (χ0) is 15.7. The maximum Gasteiger partial charge on any atom is 0.179 e. The van der Waals surface area contributed by atoms with Crippen molar-refractivity contribution in [3.05, 3.63) is 29.8 Å². The smallest absolute Gasteiger partial charge is 0.179 e. The molecule has 0 heterocycles. The zero-order valence-electron chi connectivity index (χ0n) is 12.2. The minimum Gasteiger partial charge on any atom is -0.396 e. The summed E-state index contributed by atoms with van der Waals surface area (Å²) in [5.74, 6) is 0.322. The molecule has 1 unspecified atom stereocenters. The molecule has 0 aromatic heterocycles. The standard InChI is InChI=1S/C15H22N2O3S/c1-13(12-18)3-2-8-17-9-10-21(19,20)15-6-4-14(11-16)5-7-15/h4-7,13,17-18H,2-3,8-10,12H2,1H3. The second-order valence-electron chi connectivity index (χ2n) is 5.14. The van der Waals surface area contributed by atoms with Gasteiger partial charge < -0.3 is 10.4 Å². The van der Waals surface area contributed by atoms with Gasteiger partial charge in [0.1, 0.15) is 0 Å². The van der Waals surface area contributed by atoms with Crippen molar-refractivity contribution in [1.82, 2.24) is 5.32 Å². The Labute approximate surface area is 126 Å². The summed E-state index contributed by atoms with van der Waals surface area (Å²) < 4.78 is 24.1. The van der Waals surface area contributed by atoms with Crippen LogP contribution in [0.4, 0.5) is 0 Å². The summed E-state index contributed by atoms with van der Waals surface area (Å²) in [6.45, 7) is 3.31. The summed E-state index contributed by atoms with van der Waals surface area (Å²) in [6.07, 6.45) is 1.84. The summed E-state index contributed by atoms with van der Waals surface area (Å²) in [5, 5.41) is 20.7. The van der Waals surface area contributed by atoms with E-state index in [2.05, 4.69) is 5.32 Å². The van der Waals surface area contributed by atoms with Crippen LogP contribution in [0.2, 0.25) is 0 Å². The van der Waals surface area contributed by atoms with Crippen LogP contribution >= 0.6 is 0 Å². The van der Waals surface area contributed by atoms with Gasteiger partial charge in [0.05, 0.1) is 22.3 Å². The third kappa shape index (κ3) is 6.25. The van der Waals surface area contributed by atoms with Crippen molar-refractivity contribution in [3.8, 4) is 6.07 Å². The Hall–Kier alpha value is -1.42. The Morgan fingerprint density at radius 1 is 1.29 bits per heavy atom. The number of aliphatic hydroxyl groups is 1. The quantitative estimate of drug-likeness (QED) is 0.672. The van der Waals surface area contributed by atoms with Crippen LogP contribution in [-0.2, 0) is 9.84 Å². The molecule has 21 heavy (non-hydrogen) atoms. The van der Waals surface area contributed by atoms with Crippen LogP contribution in [0, 0.1) is 17.2 Å². The lowest BCUT2D eigenvalue weighted by molar-refractivity contribution is 0.228. The van der Waals surface area contributed by atoms with E-state index in [0.29, 0.717) is 12.1 Å². The fraction of sp³-hybridized carbons (Fsp3) is 0.533. The first-order chi connectivity index (χ1) is 9.99. The van der Waals surface area contributed by atoms with Gasteiger partial charge in [0, 0.05) is 13.2 Å². The van der Waals surface area contributed by atoms with Gasteiger partial charge in [-0.2, -0.15) is 5.26 Å². The predicted molar refractivity (Wildman–Crippen MR) is 81.6 cm³/mol. The number of aliphatic hydroxyl groups excluding tert-OH is 1. The van der Waals surface area contributed by atoms with Gasteiger partial charge in [-0.25, -0.2) is 8.42 Å². The van der Waals surface area contributed by atoms with Crippen molar-refractivity contribution in [3.63, 3.8) is 0 Å².